The van der Waals surface area contributed by atoms with Gasteiger partial charge in [-0.2, -0.15) is 5.10 Å². The molecule has 0 bridgehead atoms. The van der Waals surface area contributed by atoms with Gasteiger partial charge in [0.2, 0.25) is 11.6 Å². The smallest absolute Gasteiger partial charge is 0.253 e. The zero-order chi connectivity index (χ0) is 27.5. The second-order valence-corrected chi connectivity index (χ2v) is 10.5. The molecule has 39 heavy (non-hydrogen) atoms. The van der Waals surface area contributed by atoms with Gasteiger partial charge in [-0.3, -0.25) is 9.59 Å². The number of anilines is 1. The van der Waals surface area contributed by atoms with Gasteiger partial charge in [0.05, 0.1) is 36.2 Å². The topological polar surface area (TPSA) is 80.8 Å². The maximum atomic E-state index is 13.9. The zero-order valence-electron chi connectivity index (χ0n) is 21.7. The number of aromatic nitrogens is 2. The van der Waals surface area contributed by atoms with Gasteiger partial charge in [0, 0.05) is 15.8 Å². The zero-order valence-corrected chi connectivity index (χ0v) is 23.3. The third-order valence-electron chi connectivity index (χ3n) is 6.91. The van der Waals surface area contributed by atoms with E-state index in [-0.39, 0.29) is 30.9 Å². The van der Waals surface area contributed by atoms with E-state index >= 15 is 0 Å². The Balaban J connectivity index is 1.54. The standard InChI is InChI=1S/C30H28BrN5O3/c1-4-9-19(2)29(37)34-24-18-39-28-13-8-7-12-26(28)35(30(24)38)17-20-14-21(31)15-27-22(20)16-33-36(27)25-11-6-5-10-23(25)32-3/h5-8,10-16,19,24H,4,9,17-18H2,1-2H3,(H,34,37)/t19-,24+/m1/s1. The first-order chi connectivity index (χ1) is 18.9. The van der Waals surface area contributed by atoms with Gasteiger partial charge < -0.3 is 15.0 Å². The predicted octanol–water partition coefficient (Wildman–Crippen LogP) is 6.19. The number of para-hydroxylation sites is 4. The van der Waals surface area contributed by atoms with Gasteiger partial charge in [-0.1, -0.05) is 66.5 Å². The lowest BCUT2D eigenvalue weighted by molar-refractivity contribution is -0.130. The van der Waals surface area contributed by atoms with Crippen LogP contribution in [-0.2, 0) is 16.1 Å². The average Bonchev–Trinajstić information content (AvgIpc) is 3.32. The van der Waals surface area contributed by atoms with Crippen LogP contribution in [0.1, 0.15) is 32.3 Å². The summed E-state index contributed by atoms with van der Waals surface area (Å²) in [4.78, 5) is 32.1. The molecule has 198 valence electrons. The Kier molecular flexibility index (Phi) is 7.66. The number of benzene rings is 3. The Morgan fingerprint density at radius 3 is 2.72 bits per heavy atom. The van der Waals surface area contributed by atoms with Crippen molar-refractivity contribution in [2.75, 3.05) is 11.5 Å². The molecule has 0 saturated carbocycles. The van der Waals surface area contributed by atoms with E-state index in [0.717, 1.165) is 33.8 Å². The number of ether oxygens (including phenoxy) is 1. The van der Waals surface area contributed by atoms with E-state index in [9.17, 15) is 9.59 Å². The Hall–Kier alpha value is -4.16. The van der Waals surface area contributed by atoms with Crippen LogP contribution in [0, 0.1) is 12.5 Å². The van der Waals surface area contributed by atoms with Crippen molar-refractivity contribution in [1.82, 2.24) is 15.1 Å². The van der Waals surface area contributed by atoms with Crippen LogP contribution in [-0.4, -0.2) is 34.2 Å². The predicted molar refractivity (Wildman–Crippen MR) is 154 cm³/mol. The van der Waals surface area contributed by atoms with Gasteiger partial charge in [0.15, 0.2) is 0 Å². The Morgan fingerprint density at radius 1 is 1.21 bits per heavy atom. The molecule has 0 unspecified atom stereocenters. The summed E-state index contributed by atoms with van der Waals surface area (Å²) in [6.07, 6.45) is 3.39. The van der Waals surface area contributed by atoms with Crippen LogP contribution < -0.4 is 15.0 Å². The number of carbonyl (C=O) groups is 2. The first-order valence-electron chi connectivity index (χ1n) is 12.9. The molecule has 1 N–H and O–H groups in total. The monoisotopic (exact) mass is 585 g/mol. The second kappa shape index (κ2) is 11.3. The number of halogens is 1. The SMILES string of the molecule is [C-]#[N+]c1ccccc1-n1ncc2c(CN3C(=O)[C@@H](NC(=O)[C@H](C)CCC)COc4ccccc43)cc(Br)cc21. The van der Waals surface area contributed by atoms with Gasteiger partial charge in [0.1, 0.15) is 18.4 Å². The summed E-state index contributed by atoms with van der Waals surface area (Å²) < 4.78 is 8.57. The lowest BCUT2D eigenvalue weighted by atomic mass is 10.0. The Labute approximate surface area is 235 Å². The van der Waals surface area contributed by atoms with Crippen LogP contribution in [0.5, 0.6) is 5.75 Å². The quantitative estimate of drug-likeness (QED) is 0.262. The third-order valence-corrected chi connectivity index (χ3v) is 7.37. The minimum absolute atomic E-state index is 0.0518. The molecule has 1 aliphatic rings. The largest absolute Gasteiger partial charge is 0.489 e. The molecule has 8 nitrogen and oxygen atoms in total. The van der Waals surface area contributed by atoms with E-state index in [1.54, 1.807) is 21.8 Å². The van der Waals surface area contributed by atoms with E-state index in [1.807, 2.05) is 68.4 Å². The molecule has 0 fully saturated rings. The summed E-state index contributed by atoms with van der Waals surface area (Å²) >= 11 is 3.63. The second-order valence-electron chi connectivity index (χ2n) is 9.61. The fraction of sp³-hybridized carbons (Fsp3) is 0.267. The summed E-state index contributed by atoms with van der Waals surface area (Å²) in [7, 11) is 0. The van der Waals surface area contributed by atoms with Crippen LogP contribution in [0.4, 0.5) is 11.4 Å². The maximum Gasteiger partial charge on any atom is 0.253 e. The number of fused-ring (bicyclic) bond motifs is 2. The Morgan fingerprint density at radius 2 is 1.95 bits per heavy atom. The van der Waals surface area contributed by atoms with Gasteiger partial charge in [0.25, 0.3) is 5.91 Å². The summed E-state index contributed by atoms with van der Waals surface area (Å²) in [5, 5.41) is 8.38. The highest BCUT2D eigenvalue weighted by molar-refractivity contribution is 9.10. The number of amides is 2. The van der Waals surface area contributed by atoms with E-state index in [0.29, 0.717) is 22.8 Å². The molecule has 9 heteroatoms. The number of hydrogen-bond donors (Lipinski definition) is 1. The van der Waals surface area contributed by atoms with E-state index in [4.69, 9.17) is 11.3 Å². The molecule has 4 aromatic rings. The average molecular weight is 586 g/mol. The summed E-state index contributed by atoms with van der Waals surface area (Å²) in [6.45, 7) is 11.8. The van der Waals surface area contributed by atoms with Gasteiger partial charge in [-0.05, 0) is 42.3 Å². The molecule has 5 rings (SSSR count). The minimum Gasteiger partial charge on any atom is -0.489 e. The normalized spacial score (nSPS) is 15.7. The van der Waals surface area contributed by atoms with E-state index in [2.05, 4.69) is 31.2 Å². The van der Waals surface area contributed by atoms with Crippen molar-refractivity contribution in [3.63, 3.8) is 0 Å². The van der Waals surface area contributed by atoms with Gasteiger partial charge in [-0.15, -0.1) is 0 Å². The Bertz CT molecular complexity index is 1590. The van der Waals surface area contributed by atoms with Crippen LogP contribution in [0.2, 0.25) is 0 Å². The number of carbonyl (C=O) groups excluding carboxylic acids is 2. The maximum absolute atomic E-state index is 13.9. The molecule has 1 aromatic heterocycles. The molecule has 1 aliphatic heterocycles. The summed E-state index contributed by atoms with van der Waals surface area (Å²) in [5.74, 6) is -0.0157. The molecule has 3 aromatic carbocycles. The fourth-order valence-corrected chi connectivity index (χ4v) is 5.38. The molecule has 0 radical (unpaired) electrons. The lowest BCUT2D eigenvalue weighted by Crippen LogP contribution is -2.51. The van der Waals surface area contributed by atoms with Crippen molar-refractivity contribution in [2.45, 2.75) is 39.3 Å². The van der Waals surface area contributed by atoms with Gasteiger partial charge >= 0.3 is 0 Å². The molecule has 0 aliphatic carbocycles. The van der Waals surface area contributed by atoms with Crippen LogP contribution in [0.3, 0.4) is 0 Å². The summed E-state index contributed by atoms with van der Waals surface area (Å²) in [6, 6.07) is 17.8. The van der Waals surface area contributed by atoms with Crippen molar-refractivity contribution >= 4 is 50.0 Å². The van der Waals surface area contributed by atoms with E-state index < -0.39 is 6.04 Å². The molecular formula is C30H28BrN5O3. The van der Waals surface area contributed by atoms with Crippen molar-refractivity contribution in [1.29, 1.82) is 0 Å². The molecule has 2 heterocycles. The number of nitrogens with zero attached hydrogens (tertiary/aromatic N) is 4. The first-order valence-corrected chi connectivity index (χ1v) is 13.7. The van der Waals surface area contributed by atoms with Crippen LogP contribution >= 0.6 is 15.9 Å². The summed E-state index contributed by atoms with van der Waals surface area (Å²) in [5.41, 5.74) is 3.48. The van der Waals surface area contributed by atoms with E-state index in [1.165, 1.54) is 0 Å². The number of hydrogen-bond acceptors (Lipinski definition) is 4. The fourth-order valence-electron chi connectivity index (χ4n) is 4.89. The molecule has 2 atom stereocenters. The molecule has 0 spiro atoms. The lowest BCUT2D eigenvalue weighted by Gasteiger charge is -2.26. The highest BCUT2D eigenvalue weighted by atomic mass is 79.9. The highest BCUT2D eigenvalue weighted by Crippen LogP contribution is 2.35. The minimum atomic E-state index is -0.819. The molecular weight excluding hydrogens is 558 g/mol. The third kappa shape index (κ3) is 5.25. The van der Waals surface area contributed by atoms with Crippen molar-refractivity contribution in [3.8, 4) is 11.4 Å². The highest BCUT2D eigenvalue weighted by Gasteiger charge is 2.33. The van der Waals surface area contributed by atoms with Crippen molar-refractivity contribution in [3.05, 3.63) is 88.3 Å². The van der Waals surface area contributed by atoms with Crippen molar-refractivity contribution in [2.24, 2.45) is 5.92 Å². The van der Waals surface area contributed by atoms with Crippen LogP contribution in [0.25, 0.3) is 21.4 Å². The molecule has 2 amide bonds. The van der Waals surface area contributed by atoms with Crippen molar-refractivity contribution < 1.29 is 14.3 Å². The first kappa shape index (κ1) is 26.4. The number of nitrogens with one attached hydrogen (secondary N) is 1. The molecule has 0 saturated heterocycles. The van der Waals surface area contributed by atoms with Gasteiger partial charge in [-0.25, -0.2) is 9.53 Å². The van der Waals surface area contributed by atoms with Crippen LogP contribution in [0.15, 0.2) is 71.3 Å². The number of rotatable bonds is 7.